The number of hydrogen-bond donors (Lipinski definition) is 2. The number of aliphatic carboxylic acids is 1. The van der Waals surface area contributed by atoms with Gasteiger partial charge in [-0.15, -0.1) is 0 Å². The lowest BCUT2D eigenvalue weighted by molar-refractivity contribution is -0.150. The molecule has 14 heavy (non-hydrogen) atoms. The lowest BCUT2D eigenvalue weighted by Crippen LogP contribution is -2.33. The molecule has 0 spiro atoms. The summed E-state index contributed by atoms with van der Waals surface area (Å²) in [6, 6.07) is 0. The average molecular weight is 200 g/mol. The minimum atomic E-state index is -0.758. The van der Waals surface area contributed by atoms with Crippen molar-refractivity contribution < 1.29 is 15.0 Å². The fourth-order valence-electron chi connectivity index (χ4n) is 1.77. The summed E-state index contributed by atoms with van der Waals surface area (Å²) in [5.41, 5.74) is -1.38. The van der Waals surface area contributed by atoms with E-state index in [9.17, 15) is 9.90 Å². The Hall–Kier alpha value is -0.570. The van der Waals surface area contributed by atoms with Crippen LogP contribution in [0.1, 0.15) is 46.5 Å². The van der Waals surface area contributed by atoms with E-state index in [4.69, 9.17) is 5.11 Å². The molecule has 0 bridgehead atoms. The van der Waals surface area contributed by atoms with Crippen LogP contribution in [0.4, 0.5) is 0 Å². The molecule has 0 amide bonds. The van der Waals surface area contributed by atoms with E-state index in [1.54, 1.807) is 20.8 Å². The standard InChI is InChI=1S/C11H20O3/c1-10(2,14)6-7-11(3,9(12)13)8-4-5-8/h8,14H,4-7H2,1-3H3,(H,12,13). The minimum absolute atomic E-state index is 0.322. The molecule has 82 valence electrons. The van der Waals surface area contributed by atoms with Crippen LogP contribution in [0.3, 0.4) is 0 Å². The van der Waals surface area contributed by atoms with Gasteiger partial charge in [0.25, 0.3) is 0 Å². The first-order chi connectivity index (χ1) is 6.26. The highest BCUT2D eigenvalue weighted by Gasteiger charge is 2.47. The average Bonchev–Trinajstić information content (AvgIpc) is 2.80. The van der Waals surface area contributed by atoms with Gasteiger partial charge in [-0.05, 0) is 52.4 Å². The smallest absolute Gasteiger partial charge is 0.309 e. The summed E-state index contributed by atoms with van der Waals surface area (Å²) in [5.74, 6) is -0.397. The van der Waals surface area contributed by atoms with Gasteiger partial charge in [0.05, 0.1) is 11.0 Å². The molecule has 0 heterocycles. The number of carboxylic acid groups (broad SMARTS) is 1. The van der Waals surface area contributed by atoms with E-state index >= 15 is 0 Å². The summed E-state index contributed by atoms with van der Waals surface area (Å²) in [5, 5.41) is 18.7. The van der Waals surface area contributed by atoms with Gasteiger partial charge < -0.3 is 10.2 Å². The Morgan fingerprint density at radius 3 is 2.07 bits per heavy atom. The Morgan fingerprint density at radius 1 is 1.29 bits per heavy atom. The first-order valence-corrected chi connectivity index (χ1v) is 5.21. The number of carbonyl (C=O) groups is 1. The van der Waals surface area contributed by atoms with Crippen LogP contribution in [0.5, 0.6) is 0 Å². The van der Waals surface area contributed by atoms with E-state index in [0.29, 0.717) is 18.8 Å². The number of hydrogen-bond acceptors (Lipinski definition) is 2. The van der Waals surface area contributed by atoms with Gasteiger partial charge in [-0.25, -0.2) is 0 Å². The first kappa shape index (κ1) is 11.5. The molecule has 0 saturated heterocycles. The SMILES string of the molecule is CC(C)(O)CCC(C)(C(=O)O)C1CC1. The van der Waals surface area contributed by atoms with Crippen LogP contribution >= 0.6 is 0 Å². The van der Waals surface area contributed by atoms with Crippen LogP contribution < -0.4 is 0 Å². The number of carboxylic acids is 1. The molecule has 1 rings (SSSR count). The minimum Gasteiger partial charge on any atom is -0.481 e. The van der Waals surface area contributed by atoms with Gasteiger partial charge in [-0.3, -0.25) is 4.79 Å². The third kappa shape index (κ3) is 2.71. The normalized spacial score (nSPS) is 21.7. The Bertz CT molecular complexity index is 225. The quantitative estimate of drug-likeness (QED) is 0.714. The van der Waals surface area contributed by atoms with Gasteiger partial charge in [0.15, 0.2) is 0 Å². The molecular formula is C11H20O3. The predicted octanol–water partition coefficient (Wildman–Crippen LogP) is 2.04. The lowest BCUT2D eigenvalue weighted by Gasteiger charge is -2.28. The van der Waals surface area contributed by atoms with Gasteiger partial charge in [0.2, 0.25) is 0 Å². The molecule has 1 unspecified atom stereocenters. The summed E-state index contributed by atoms with van der Waals surface area (Å²) < 4.78 is 0. The molecule has 2 N–H and O–H groups in total. The lowest BCUT2D eigenvalue weighted by atomic mass is 9.78. The van der Waals surface area contributed by atoms with Crippen molar-refractivity contribution in [2.45, 2.75) is 52.1 Å². The second-order valence-corrected chi connectivity index (χ2v) is 5.31. The topological polar surface area (TPSA) is 57.5 Å². The van der Waals surface area contributed by atoms with Gasteiger partial charge in [-0.2, -0.15) is 0 Å². The largest absolute Gasteiger partial charge is 0.481 e. The summed E-state index contributed by atoms with van der Waals surface area (Å²) in [4.78, 5) is 11.1. The van der Waals surface area contributed by atoms with Crippen LogP contribution in [0.2, 0.25) is 0 Å². The Kier molecular flexibility index (Phi) is 2.91. The monoisotopic (exact) mass is 200 g/mol. The van der Waals surface area contributed by atoms with Crippen molar-refractivity contribution in [1.29, 1.82) is 0 Å². The zero-order valence-electron chi connectivity index (χ0n) is 9.21. The summed E-state index contributed by atoms with van der Waals surface area (Å²) in [6.45, 7) is 5.25. The fourth-order valence-corrected chi connectivity index (χ4v) is 1.77. The van der Waals surface area contributed by atoms with Gasteiger partial charge in [-0.1, -0.05) is 0 Å². The number of aliphatic hydroxyl groups is 1. The molecule has 1 aliphatic rings. The molecule has 1 atom stereocenters. The molecular weight excluding hydrogens is 180 g/mol. The number of rotatable bonds is 5. The van der Waals surface area contributed by atoms with Crippen molar-refractivity contribution in [2.24, 2.45) is 11.3 Å². The predicted molar refractivity (Wildman–Crippen MR) is 54.0 cm³/mol. The zero-order chi connectivity index (χ0) is 11.0. The van der Waals surface area contributed by atoms with Gasteiger partial charge in [0.1, 0.15) is 0 Å². The third-order valence-corrected chi connectivity index (χ3v) is 3.22. The second kappa shape index (κ2) is 3.54. The third-order valence-electron chi connectivity index (χ3n) is 3.22. The molecule has 3 nitrogen and oxygen atoms in total. The highest BCUT2D eigenvalue weighted by atomic mass is 16.4. The van der Waals surface area contributed by atoms with Gasteiger partial charge >= 0.3 is 5.97 Å². The Balaban J connectivity index is 2.56. The molecule has 1 aliphatic carbocycles. The van der Waals surface area contributed by atoms with E-state index in [1.807, 2.05) is 0 Å². The van der Waals surface area contributed by atoms with Crippen molar-refractivity contribution in [3.63, 3.8) is 0 Å². The van der Waals surface area contributed by atoms with Crippen molar-refractivity contribution in [3.8, 4) is 0 Å². The van der Waals surface area contributed by atoms with Gasteiger partial charge in [0, 0.05) is 0 Å². The molecule has 0 radical (unpaired) electrons. The van der Waals surface area contributed by atoms with Crippen molar-refractivity contribution in [1.82, 2.24) is 0 Å². The summed E-state index contributed by atoms with van der Waals surface area (Å²) >= 11 is 0. The van der Waals surface area contributed by atoms with Crippen LogP contribution in [0.25, 0.3) is 0 Å². The molecule has 3 heteroatoms. The first-order valence-electron chi connectivity index (χ1n) is 5.21. The highest BCUT2D eigenvalue weighted by molar-refractivity contribution is 5.75. The molecule has 0 aromatic carbocycles. The van der Waals surface area contributed by atoms with E-state index < -0.39 is 17.0 Å². The fraction of sp³-hybridized carbons (Fsp3) is 0.909. The molecule has 0 aliphatic heterocycles. The Labute approximate surface area is 85.1 Å². The van der Waals surface area contributed by atoms with Crippen LogP contribution in [0, 0.1) is 11.3 Å². The molecule has 1 fully saturated rings. The van der Waals surface area contributed by atoms with Crippen molar-refractivity contribution >= 4 is 5.97 Å². The summed E-state index contributed by atoms with van der Waals surface area (Å²) in [7, 11) is 0. The van der Waals surface area contributed by atoms with E-state index in [2.05, 4.69) is 0 Å². The molecule has 0 aromatic heterocycles. The summed E-state index contributed by atoms with van der Waals surface area (Å²) in [6.07, 6.45) is 3.16. The van der Waals surface area contributed by atoms with Crippen molar-refractivity contribution in [2.75, 3.05) is 0 Å². The van der Waals surface area contributed by atoms with E-state index in [-0.39, 0.29) is 0 Å². The maximum atomic E-state index is 11.1. The molecule has 1 saturated carbocycles. The van der Waals surface area contributed by atoms with E-state index in [1.165, 1.54) is 0 Å². The van der Waals surface area contributed by atoms with Crippen molar-refractivity contribution in [3.05, 3.63) is 0 Å². The molecule has 0 aromatic rings. The maximum absolute atomic E-state index is 11.1. The maximum Gasteiger partial charge on any atom is 0.309 e. The Morgan fingerprint density at radius 2 is 1.79 bits per heavy atom. The van der Waals surface area contributed by atoms with Crippen LogP contribution in [-0.4, -0.2) is 21.8 Å². The van der Waals surface area contributed by atoms with Crippen LogP contribution in [0.15, 0.2) is 0 Å². The second-order valence-electron chi connectivity index (χ2n) is 5.31. The van der Waals surface area contributed by atoms with E-state index in [0.717, 1.165) is 12.8 Å². The zero-order valence-corrected chi connectivity index (χ0v) is 9.21. The van der Waals surface area contributed by atoms with Crippen LogP contribution in [-0.2, 0) is 4.79 Å². The highest BCUT2D eigenvalue weighted by Crippen LogP contribution is 2.48.